The van der Waals surface area contributed by atoms with Crippen molar-refractivity contribution in [2.24, 2.45) is 4.99 Å². The zero-order valence-corrected chi connectivity index (χ0v) is 15.2. The second kappa shape index (κ2) is 10.2. The molecule has 0 aliphatic carbocycles. The first-order valence-electron chi connectivity index (χ1n) is 8.13. The normalized spacial score (nSPS) is 10.0. The van der Waals surface area contributed by atoms with Crippen LogP contribution in [0.25, 0.3) is 11.1 Å². The average molecular weight is 381 g/mol. The van der Waals surface area contributed by atoms with Crippen molar-refractivity contribution in [1.29, 1.82) is 0 Å². The van der Waals surface area contributed by atoms with Gasteiger partial charge in [-0.05, 0) is 29.8 Å². The summed E-state index contributed by atoms with van der Waals surface area (Å²) < 4.78 is 0. The third-order valence-corrected chi connectivity index (χ3v) is 3.67. The molecule has 0 saturated heterocycles. The molecule has 0 aliphatic rings. The van der Waals surface area contributed by atoms with Gasteiger partial charge in [-0.3, -0.25) is 4.99 Å². The summed E-state index contributed by atoms with van der Waals surface area (Å²) in [5.74, 6) is 0.265. The van der Waals surface area contributed by atoms with Crippen molar-refractivity contribution in [3.63, 3.8) is 0 Å². The van der Waals surface area contributed by atoms with E-state index in [1.807, 2.05) is 66.7 Å². The summed E-state index contributed by atoms with van der Waals surface area (Å²) in [5, 5.41) is 9.22. The van der Waals surface area contributed by atoms with Crippen LogP contribution in [0.2, 0.25) is 0 Å². The molecule has 4 aromatic rings. The second-order valence-electron chi connectivity index (χ2n) is 5.53. The zero-order chi connectivity index (χ0) is 17.3. The molecule has 0 aromatic heterocycles. The summed E-state index contributed by atoms with van der Waals surface area (Å²) in [6.07, 6.45) is 1.79. The molecule has 2 nitrogen and oxygen atoms in total. The Bertz CT molecular complexity index is 857. The number of hydrogen-bond acceptors (Lipinski definition) is 2. The molecular weight excluding hydrogens is 362 g/mol. The van der Waals surface area contributed by atoms with E-state index in [2.05, 4.69) is 29.3 Å². The zero-order valence-electron chi connectivity index (χ0n) is 14.1. The molecule has 0 spiro atoms. The minimum atomic E-state index is 0. The van der Waals surface area contributed by atoms with Gasteiger partial charge in [0, 0.05) is 11.9 Å². The molecule has 1 N–H and O–H groups in total. The van der Waals surface area contributed by atoms with Gasteiger partial charge in [0.25, 0.3) is 0 Å². The van der Waals surface area contributed by atoms with E-state index in [-0.39, 0.29) is 22.8 Å². The number of hydrogen-bond donors (Lipinski definition) is 1. The molecule has 0 aliphatic heterocycles. The minimum absolute atomic E-state index is 0. The molecule has 4 aromatic carbocycles. The summed E-state index contributed by atoms with van der Waals surface area (Å²) in [5.41, 5.74) is 4.29. The van der Waals surface area contributed by atoms with Crippen LogP contribution in [0, 0.1) is 0 Å². The van der Waals surface area contributed by atoms with Crippen molar-refractivity contribution >= 4 is 11.9 Å². The van der Waals surface area contributed by atoms with Gasteiger partial charge in [-0.2, -0.15) is 30.3 Å². The Kier molecular flexibility index (Phi) is 7.63. The van der Waals surface area contributed by atoms with E-state index in [0.717, 1.165) is 11.3 Å². The van der Waals surface area contributed by atoms with Crippen LogP contribution < -0.4 is 0 Å². The predicted molar refractivity (Wildman–Crippen MR) is 105 cm³/mol. The molecule has 0 unspecified atom stereocenters. The van der Waals surface area contributed by atoms with Gasteiger partial charge in [-0.1, -0.05) is 17.7 Å². The SMILES string of the molecule is Oc1ccc(C=Nc2ccc(-[c-]3cccc3)cc2)cc1.[Fe+2].c1cc[cH-]c1. The minimum Gasteiger partial charge on any atom is -0.508 e. The standard InChI is InChI=1S/C18H14NO.C5H5.Fe/c20-18-11-5-14(6-12-18)13-19-17-9-7-16(8-10-17)15-3-1-2-4-15;1-2-4-5-3-1;/h1-13,20H;1-5H;/q2*-1;+2. The van der Waals surface area contributed by atoms with E-state index in [0.29, 0.717) is 0 Å². The summed E-state index contributed by atoms with van der Waals surface area (Å²) >= 11 is 0. The summed E-state index contributed by atoms with van der Waals surface area (Å²) in [7, 11) is 0. The van der Waals surface area contributed by atoms with Crippen molar-refractivity contribution in [2.45, 2.75) is 0 Å². The molecule has 4 rings (SSSR count). The van der Waals surface area contributed by atoms with Crippen molar-refractivity contribution in [2.75, 3.05) is 0 Å². The number of nitrogens with zero attached hydrogens (tertiary/aromatic N) is 1. The van der Waals surface area contributed by atoms with Gasteiger partial charge in [0.15, 0.2) is 0 Å². The number of aromatic hydroxyl groups is 1. The van der Waals surface area contributed by atoms with Gasteiger partial charge in [0.1, 0.15) is 5.75 Å². The number of aliphatic imine (C=N–C) groups is 1. The van der Waals surface area contributed by atoms with E-state index in [9.17, 15) is 5.11 Å². The molecule has 0 radical (unpaired) electrons. The van der Waals surface area contributed by atoms with Crippen LogP contribution in [0.5, 0.6) is 5.75 Å². The Morgan fingerprint density at radius 2 is 1.42 bits per heavy atom. The van der Waals surface area contributed by atoms with Gasteiger partial charge in [-0.25, -0.2) is 12.1 Å². The molecular formula is C23H19FeNO. The van der Waals surface area contributed by atoms with Crippen LogP contribution in [0.4, 0.5) is 5.69 Å². The third kappa shape index (κ3) is 5.89. The van der Waals surface area contributed by atoms with Crippen molar-refractivity contribution in [3.8, 4) is 16.9 Å². The van der Waals surface area contributed by atoms with E-state index in [1.165, 1.54) is 11.1 Å². The van der Waals surface area contributed by atoms with E-state index < -0.39 is 0 Å². The Balaban J connectivity index is 0.000000351. The maximum absolute atomic E-state index is 9.22. The summed E-state index contributed by atoms with van der Waals surface area (Å²) in [6, 6.07) is 33.4. The van der Waals surface area contributed by atoms with Crippen molar-refractivity contribution in [3.05, 3.63) is 109 Å². The fourth-order valence-electron chi connectivity index (χ4n) is 2.34. The molecule has 0 bridgehead atoms. The van der Waals surface area contributed by atoms with Crippen LogP contribution in [0.1, 0.15) is 5.56 Å². The smallest absolute Gasteiger partial charge is 0.508 e. The van der Waals surface area contributed by atoms with Gasteiger partial charge in [0.05, 0.1) is 0 Å². The topological polar surface area (TPSA) is 32.6 Å². The van der Waals surface area contributed by atoms with Gasteiger partial charge in [-0.15, -0.1) is 29.8 Å². The second-order valence-corrected chi connectivity index (χ2v) is 5.53. The van der Waals surface area contributed by atoms with E-state index in [1.54, 1.807) is 18.3 Å². The van der Waals surface area contributed by atoms with Crippen molar-refractivity contribution < 1.29 is 22.2 Å². The Hall–Kier alpha value is -2.87. The Labute approximate surface area is 164 Å². The molecule has 0 saturated carbocycles. The maximum atomic E-state index is 9.22. The van der Waals surface area contributed by atoms with Crippen LogP contribution in [0.3, 0.4) is 0 Å². The quantitative estimate of drug-likeness (QED) is 0.266. The molecule has 26 heavy (non-hydrogen) atoms. The molecule has 0 amide bonds. The fourth-order valence-corrected chi connectivity index (χ4v) is 2.34. The van der Waals surface area contributed by atoms with Gasteiger partial charge in [0.2, 0.25) is 0 Å². The maximum Gasteiger partial charge on any atom is 2.00 e. The van der Waals surface area contributed by atoms with E-state index >= 15 is 0 Å². The largest absolute Gasteiger partial charge is 2.00 e. The number of rotatable bonds is 3. The van der Waals surface area contributed by atoms with Crippen LogP contribution in [-0.2, 0) is 17.1 Å². The Morgan fingerprint density at radius 1 is 0.808 bits per heavy atom. The van der Waals surface area contributed by atoms with Crippen LogP contribution in [0.15, 0.2) is 108 Å². The first-order valence-corrected chi connectivity index (χ1v) is 8.13. The first kappa shape index (κ1) is 19.5. The molecule has 0 fully saturated rings. The molecule has 0 atom stereocenters. The molecule has 130 valence electrons. The number of phenolic OH excluding ortho intramolecular Hbond substituents is 1. The predicted octanol–water partition coefficient (Wildman–Crippen LogP) is 5.93. The molecule has 0 heterocycles. The van der Waals surface area contributed by atoms with Gasteiger partial charge < -0.3 is 5.11 Å². The van der Waals surface area contributed by atoms with Crippen LogP contribution in [-0.4, -0.2) is 11.3 Å². The number of benzene rings is 2. The van der Waals surface area contributed by atoms with Gasteiger partial charge >= 0.3 is 17.1 Å². The average Bonchev–Trinajstić information content (AvgIpc) is 3.38. The monoisotopic (exact) mass is 381 g/mol. The Morgan fingerprint density at radius 3 is 1.96 bits per heavy atom. The van der Waals surface area contributed by atoms with E-state index in [4.69, 9.17) is 0 Å². The first-order chi connectivity index (χ1) is 12.3. The summed E-state index contributed by atoms with van der Waals surface area (Å²) in [6.45, 7) is 0. The third-order valence-electron chi connectivity index (χ3n) is 3.67. The fraction of sp³-hybridized carbons (Fsp3) is 0. The van der Waals surface area contributed by atoms with Crippen molar-refractivity contribution in [1.82, 2.24) is 0 Å². The molecule has 3 heteroatoms. The summed E-state index contributed by atoms with van der Waals surface area (Å²) in [4.78, 5) is 4.42. The van der Waals surface area contributed by atoms with Crippen LogP contribution >= 0.6 is 0 Å². The number of phenols is 1.